The van der Waals surface area contributed by atoms with Crippen molar-refractivity contribution in [3.05, 3.63) is 23.4 Å². The van der Waals surface area contributed by atoms with Gasteiger partial charge in [0, 0.05) is 12.3 Å². The monoisotopic (exact) mass is 204 g/mol. The second kappa shape index (κ2) is 3.46. The summed E-state index contributed by atoms with van der Waals surface area (Å²) in [5.74, 6) is 0.492. The highest BCUT2D eigenvalue weighted by atomic mass is 35.5. The summed E-state index contributed by atoms with van der Waals surface area (Å²) in [7, 11) is 7.15. The molecule has 0 amide bonds. The van der Waals surface area contributed by atoms with Gasteiger partial charge < -0.3 is 4.74 Å². The lowest BCUT2D eigenvalue weighted by atomic mass is 9.98. The van der Waals surface area contributed by atoms with E-state index in [1.54, 1.807) is 19.2 Å². The Kier molecular flexibility index (Phi) is 2.29. The van der Waals surface area contributed by atoms with Gasteiger partial charge in [0.05, 0.1) is 17.6 Å². The van der Waals surface area contributed by atoms with Crippen LogP contribution in [0.15, 0.2) is 18.3 Å². The summed E-state index contributed by atoms with van der Waals surface area (Å²) < 4.78 is 4.98. The minimum Gasteiger partial charge on any atom is -0.481 e. The molecular formula is C9H6BClN2O. The molecule has 2 heterocycles. The van der Waals surface area contributed by atoms with Gasteiger partial charge in [-0.05, 0) is 6.07 Å². The van der Waals surface area contributed by atoms with Crippen molar-refractivity contribution in [1.29, 1.82) is 0 Å². The Balaban J connectivity index is 2.78. The summed E-state index contributed by atoms with van der Waals surface area (Å²) in [4.78, 5) is 8.25. The lowest BCUT2D eigenvalue weighted by Gasteiger charge is -2.04. The molecule has 0 saturated heterocycles. The van der Waals surface area contributed by atoms with E-state index in [9.17, 15) is 0 Å². The number of rotatable bonds is 1. The largest absolute Gasteiger partial charge is 0.481 e. The van der Waals surface area contributed by atoms with Crippen molar-refractivity contribution in [3.8, 4) is 5.88 Å². The molecule has 14 heavy (non-hydrogen) atoms. The summed E-state index contributed by atoms with van der Waals surface area (Å²) in [6.07, 6.45) is 1.51. The van der Waals surface area contributed by atoms with Crippen LogP contribution in [0.4, 0.5) is 0 Å². The summed E-state index contributed by atoms with van der Waals surface area (Å²) in [5, 5.41) is 0.411. The molecule has 0 N–H and O–H groups in total. The molecule has 2 rings (SSSR count). The van der Waals surface area contributed by atoms with E-state index in [1.807, 2.05) is 0 Å². The van der Waals surface area contributed by atoms with Crippen LogP contribution >= 0.6 is 11.6 Å². The minimum atomic E-state index is 0.411. The van der Waals surface area contributed by atoms with Crippen LogP contribution in [0.25, 0.3) is 11.0 Å². The number of fused-ring (bicyclic) bond motifs is 1. The fourth-order valence-corrected chi connectivity index (χ4v) is 1.33. The van der Waals surface area contributed by atoms with E-state index in [-0.39, 0.29) is 0 Å². The van der Waals surface area contributed by atoms with Crippen LogP contribution in [-0.4, -0.2) is 24.9 Å². The first-order valence-electron chi connectivity index (χ1n) is 3.97. The molecular weight excluding hydrogens is 198 g/mol. The van der Waals surface area contributed by atoms with Gasteiger partial charge in [0.15, 0.2) is 0 Å². The number of aromatic nitrogens is 2. The first-order chi connectivity index (χ1) is 6.72. The van der Waals surface area contributed by atoms with Crippen LogP contribution in [-0.2, 0) is 0 Å². The third-order valence-corrected chi connectivity index (χ3v) is 2.26. The summed E-state index contributed by atoms with van der Waals surface area (Å²) in [6, 6.07) is 3.51. The molecule has 68 valence electrons. The molecule has 2 radical (unpaired) electrons. The first kappa shape index (κ1) is 9.28. The quantitative estimate of drug-likeness (QED) is 0.652. The molecule has 0 aromatic carbocycles. The Morgan fingerprint density at radius 2 is 2.21 bits per heavy atom. The molecule has 0 saturated carbocycles. The highest BCUT2D eigenvalue weighted by molar-refractivity contribution is 6.47. The Morgan fingerprint density at radius 1 is 1.43 bits per heavy atom. The predicted octanol–water partition coefficient (Wildman–Crippen LogP) is 1.09. The molecule has 5 heteroatoms. The molecule has 2 aromatic rings. The highest BCUT2D eigenvalue weighted by Crippen LogP contribution is 2.19. The molecule has 0 spiro atoms. The number of hydrogen-bond donors (Lipinski definition) is 0. The van der Waals surface area contributed by atoms with Gasteiger partial charge in [-0.25, -0.2) is 4.98 Å². The average Bonchev–Trinajstić information content (AvgIpc) is 2.23. The van der Waals surface area contributed by atoms with Crippen molar-refractivity contribution in [2.45, 2.75) is 0 Å². The van der Waals surface area contributed by atoms with Crippen molar-refractivity contribution in [2.75, 3.05) is 7.11 Å². The van der Waals surface area contributed by atoms with Gasteiger partial charge in [0.2, 0.25) is 5.88 Å². The second-order valence-electron chi connectivity index (χ2n) is 2.75. The molecule has 0 aliphatic carbocycles. The molecule has 0 fully saturated rings. The molecule has 0 aliphatic rings. The number of ether oxygens (including phenoxy) is 1. The van der Waals surface area contributed by atoms with Crippen LogP contribution in [0.5, 0.6) is 5.88 Å². The van der Waals surface area contributed by atoms with Crippen molar-refractivity contribution in [1.82, 2.24) is 9.97 Å². The SMILES string of the molecule is [B]c1cnc2ccc(OC)nc2c1Cl. The zero-order valence-corrected chi connectivity index (χ0v) is 8.25. The van der Waals surface area contributed by atoms with Crippen LogP contribution in [0, 0.1) is 0 Å². The summed E-state index contributed by atoms with van der Waals surface area (Å²) in [6.45, 7) is 0. The molecule has 0 unspecified atom stereocenters. The van der Waals surface area contributed by atoms with Gasteiger partial charge in [0.25, 0.3) is 0 Å². The summed E-state index contributed by atoms with van der Waals surface area (Å²) >= 11 is 5.97. The summed E-state index contributed by atoms with van der Waals surface area (Å²) in [5.41, 5.74) is 1.68. The van der Waals surface area contributed by atoms with Crippen LogP contribution in [0.3, 0.4) is 0 Å². The number of pyridine rings is 2. The molecule has 2 aromatic heterocycles. The van der Waals surface area contributed by atoms with Crippen LogP contribution < -0.4 is 10.2 Å². The van der Waals surface area contributed by atoms with E-state index in [1.165, 1.54) is 6.20 Å². The van der Waals surface area contributed by atoms with E-state index >= 15 is 0 Å². The van der Waals surface area contributed by atoms with Crippen molar-refractivity contribution in [2.24, 2.45) is 0 Å². The molecule has 3 nitrogen and oxygen atoms in total. The van der Waals surface area contributed by atoms with Gasteiger partial charge in [-0.1, -0.05) is 17.1 Å². The van der Waals surface area contributed by atoms with E-state index in [4.69, 9.17) is 24.2 Å². The zero-order valence-electron chi connectivity index (χ0n) is 7.49. The van der Waals surface area contributed by atoms with Crippen molar-refractivity contribution < 1.29 is 4.74 Å². The average molecular weight is 204 g/mol. The Labute approximate surface area is 87.5 Å². The molecule has 0 bridgehead atoms. The zero-order chi connectivity index (χ0) is 10.1. The van der Waals surface area contributed by atoms with E-state index in [0.717, 1.165) is 0 Å². The predicted molar refractivity (Wildman–Crippen MR) is 56.5 cm³/mol. The van der Waals surface area contributed by atoms with Gasteiger partial charge >= 0.3 is 0 Å². The second-order valence-corrected chi connectivity index (χ2v) is 3.13. The lowest BCUT2D eigenvalue weighted by Crippen LogP contribution is -2.06. The Morgan fingerprint density at radius 3 is 2.93 bits per heavy atom. The smallest absolute Gasteiger partial charge is 0.213 e. The highest BCUT2D eigenvalue weighted by Gasteiger charge is 2.05. The standard InChI is InChI=1S/C9H6BClN2O/c1-14-7-3-2-6-9(13-7)8(11)5(10)4-12-6/h2-4H,1H3. The first-order valence-corrected chi connectivity index (χ1v) is 4.35. The number of nitrogens with zero attached hydrogens (tertiary/aromatic N) is 2. The minimum absolute atomic E-state index is 0.411. The van der Waals surface area contributed by atoms with Gasteiger partial charge in [-0.15, -0.1) is 0 Å². The van der Waals surface area contributed by atoms with E-state index in [0.29, 0.717) is 27.4 Å². The fourth-order valence-electron chi connectivity index (χ4n) is 1.15. The molecule has 0 aliphatic heterocycles. The number of halogens is 1. The third-order valence-electron chi connectivity index (χ3n) is 1.86. The number of methoxy groups -OCH3 is 1. The van der Waals surface area contributed by atoms with Gasteiger partial charge in [0.1, 0.15) is 13.4 Å². The van der Waals surface area contributed by atoms with Crippen molar-refractivity contribution >= 4 is 35.9 Å². The maximum Gasteiger partial charge on any atom is 0.213 e. The normalized spacial score (nSPS) is 10.4. The lowest BCUT2D eigenvalue weighted by molar-refractivity contribution is 0.399. The fraction of sp³-hybridized carbons (Fsp3) is 0.111. The van der Waals surface area contributed by atoms with Crippen LogP contribution in [0.1, 0.15) is 0 Å². The number of hydrogen-bond acceptors (Lipinski definition) is 3. The molecule has 0 atom stereocenters. The Bertz CT molecular complexity index is 489. The third kappa shape index (κ3) is 1.42. The maximum atomic E-state index is 5.97. The van der Waals surface area contributed by atoms with Crippen molar-refractivity contribution in [3.63, 3.8) is 0 Å². The Hall–Kier alpha value is -1.29. The van der Waals surface area contributed by atoms with E-state index < -0.39 is 0 Å². The van der Waals surface area contributed by atoms with Gasteiger partial charge in [-0.2, -0.15) is 0 Å². The van der Waals surface area contributed by atoms with Crippen LogP contribution in [0.2, 0.25) is 5.02 Å². The maximum absolute atomic E-state index is 5.97. The topological polar surface area (TPSA) is 35.0 Å². The van der Waals surface area contributed by atoms with E-state index in [2.05, 4.69) is 9.97 Å². The van der Waals surface area contributed by atoms with Gasteiger partial charge in [-0.3, -0.25) is 4.98 Å².